The molecule has 2 aliphatic rings. The Kier molecular flexibility index (Phi) is 6.68. The summed E-state index contributed by atoms with van der Waals surface area (Å²) in [5.41, 5.74) is 6.45. The molecule has 2 amide bonds. The lowest BCUT2D eigenvalue weighted by molar-refractivity contribution is -0.156. The number of thioether (sulfide) groups is 1. The van der Waals surface area contributed by atoms with Crippen molar-refractivity contribution in [2.75, 3.05) is 5.73 Å². The number of aliphatic carboxylic acids is 1. The number of thiazole rings is 1. The van der Waals surface area contributed by atoms with Gasteiger partial charge in [-0.25, -0.2) is 9.78 Å². The second-order valence-electron chi connectivity index (χ2n) is 7.37. The molecule has 3 atom stereocenters. The molecule has 2 aromatic rings. The minimum atomic E-state index is -1.57. The number of nitrogens with two attached hydrogens (primary N) is 1. The van der Waals surface area contributed by atoms with Crippen molar-refractivity contribution in [3.63, 3.8) is 0 Å². The number of nitroso groups, excluding NO2 is 1. The molecular weight excluding hydrogens is 490 g/mol. The topological polar surface area (TPSA) is 155 Å². The van der Waals surface area contributed by atoms with E-state index in [-0.39, 0.29) is 20.9 Å². The molecule has 4 N–H and O–H groups in total. The molecule has 1 saturated heterocycles. The number of anilines is 1. The number of fused-ring (bicyclic) bond motifs is 1. The minimum absolute atomic E-state index is 0.0580. The standard InChI is InChI=1S/C20H18ClN5O5S2/c21-16-13(24-20(22)33-16)14(25-31)17(27)23-12-10-6-7-11(15(19(29)30)26(10)18(12)28)32-8-9-4-2-1-3-5-9/h1-5,10,12,14H,6-8H2,(H2,22,24)(H,23,27)(H,29,30)/t10-,12+,14?/m1/s1. The summed E-state index contributed by atoms with van der Waals surface area (Å²) in [5, 5.41) is 15.1. The number of rotatable bonds is 8. The molecule has 1 aromatic heterocycles. The molecular formula is C20H18ClN5O5S2. The van der Waals surface area contributed by atoms with Gasteiger partial charge in [-0.05, 0) is 23.6 Å². The largest absolute Gasteiger partial charge is 0.477 e. The number of carboxylic acid groups (broad SMARTS) is 1. The lowest BCUT2D eigenvalue weighted by Gasteiger charge is -2.50. The first-order valence-corrected chi connectivity index (χ1v) is 12.0. The van der Waals surface area contributed by atoms with Crippen LogP contribution in [0.1, 0.15) is 30.1 Å². The Balaban J connectivity index is 1.48. The van der Waals surface area contributed by atoms with Crippen LogP contribution >= 0.6 is 34.7 Å². The molecule has 33 heavy (non-hydrogen) atoms. The summed E-state index contributed by atoms with van der Waals surface area (Å²) in [6.07, 6.45) is 0.915. The van der Waals surface area contributed by atoms with E-state index < -0.39 is 35.9 Å². The number of amides is 2. The number of β-lactam (4-membered cyclic amide) rings is 1. The average molecular weight is 508 g/mol. The van der Waals surface area contributed by atoms with Gasteiger partial charge in [-0.1, -0.05) is 53.3 Å². The zero-order valence-corrected chi connectivity index (χ0v) is 19.3. The third-order valence-electron chi connectivity index (χ3n) is 5.39. The van der Waals surface area contributed by atoms with Crippen molar-refractivity contribution >= 4 is 57.6 Å². The monoisotopic (exact) mass is 507 g/mol. The van der Waals surface area contributed by atoms with Gasteiger partial charge in [0, 0.05) is 10.7 Å². The molecule has 1 unspecified atom stereocenters. The van der Waals surface area contributed by atoms with Crippen LogP contribution in [-0.2, 0) is 20.1 Å². The van der Waals surface area contributed by atoms with Crippen molar-refractivity contribution in [2.45, 2.75) is 36.7 Å². The van der Waals surface area contributed by atoms with E-state index in [1.54, 1.807) is 0 Å². The molecule has 0 aliphatic carbocycles. The number of nitrogens with one attached hydrogen (secondary N) is 1. The zero-order valence-electron chi connectivity index (χ0n) is 16.9. The summed E-state index contributed by atoms with van der Waals surface area (Å²) in [4.78, 5) is 54.4. The smallest absolute Gasteiger partial charge is 0.353 e. The minimum Gasteiger partial charge on any atom is -0.477 e. The lowest BCUT2D eigenvalue weighted by atomic mass is 9.86. The van der Waals surface area contributed by atoms with Gasteiger partial charge in [0.05, 0.1) is 6.04 Å². The predicted molar refractivity (Wildman–Crippen MR) is 124 cm³/mol. The van der Waals surface area contributed by atoms with Gasteiger partial charge in [0.25, 0.3) is 11.8 Å². The van der Waals surface area contributed by atoms with Gasteiger partial charge in [0.1, 0.15) is 21.8 Å². The van der Waals surface area contributed by atoms with Crippen LogP contribution in [0.2, 0.25) is 4.34 Å². The quantitative estimate of drug-likeness (QED) is 0.364. The fourth-order valence-electron chi connectivity index (χ4n) is 3.87. The summed E-state index contributed by atoms with van der Waals surface area (Å²) in [6, 6.07) is 6.53. The second-order valence-corrected chi connectivity index (χ2v) is 10.1. The van der Waals surface area contributed by atoms with Crippen LogP contribution in [0.4, 0.5) is 5.13 Å². The van der Waals surface area contributed by atoms with Crippen molar-refractivity contribution in [1.29, 1.82) is 0 Å². The summed E-state index contributed by atoms with van der Waals surface area (Å²) in [5.74, 6) is -2.04. The van der Waals surface area contributed by atoms with Gasteiger partial charge < -0.3 is 16.2 Å². The first kappa shape index (κ1) is 23.2. The van der Waals surface area contributed by atoms with Gasteiger partial charge >= 0.3 is 5.97 Å². The molecule has 0 radical (unpaired) electrons. The number of carbonyl (C=O) groups is 3. The van der Waals surface area contributed by atoms with Gasteiger partial charge in [0.2, 0.25) is 6.04 Å². The molecule has 172 valence electrons. The van der Waals surface area contributed by atoms with Gasteiger partial charge in [-0.15, -0.1) is 16.7 Å². The second kappa shape index (κ2) is 9.49. The van der Waals surface area contributed by atoms with Crippen LogP contribution in [0.5, 0.6) is 0 Å². The van der Waals surface area contributed by atoms with Crippen molar-refractivity contribution in [2.24, 2.45) is 5.18 Å². The number of allylic oxidation sites excluding steroid dienone is 1. The predicted octanol–water partition coefficient (Wildman–Crippen LogP) is 2.91. The Morgan fingerprint density at radius 1 is 1.39 bits per heavy atom. The Bertz CT molecular complexity index is 1150. The first-order chi connectivity index (χ1) is 15.8. The maximum Gasteiger partial charge on any atom is 0.353 e. The Morgan fingerprint density at radius 2 is 2.12 bits per heavy atom. The number of hydrogen-bond donors (Lipinski definition) is 3. The van der Waals surface area contributed by atoms with Crippen molar-refractivity contribution in [1.82, 2.24) is 15.2 Å². The number of aromatic nitrogens is 1. The SMILES string of the molecule is Nc1nc(C(N=O)C(=O)N[C@@H]2C(=O)N3C(C(=O)O)=C(SCc4ccccc4)CC[C@H]23)c(Cl)s1. The highest BCUT2D eigenvalue weighted by Crippen LogP contribution is 2.42. The van der Waals surface area contributed by atoms with Gasteiger partial charge in [-0.2, -0.15) is 0 Å². The molecule has 0 bridgehead atoms. The molecule has 2 aliphatic heterocycles. The third kappa shape index (κ3) is 4.45. The van der Waals surface area contributed by atoms with E-state index in [4.69, 9.17) is 17.3 Å². The molecule has 0 saturated carbocycles. The van der Waals surface area contributed by atoms with Crippen LogP contribution in [0.25, 0.3) is 0 Å². The highest BCUT2D eigenvalue weighted by Gasteiger charge is 2.54. The number of nitrogen functional groups attached to an aromatic ring is 1. The van der Waals surface area contributed by atoms with E-state index in [9.17, 15) is 24.4 Å². The Hall–Kier alpha value is -2.96. The number of halogens is 1. The van der Waals surface area contributed by atoms with Gasteiger partial charge in [0.15, 0.2) is 5.13 Å². The van der Waals surface area contributed by atoms with Gasteiger partial charge in [-0.3, -0.25) is 14.5 Å². The van der Waals surface area contributed by atoms with E-state index in [2.05, 4.69) is 15.5 Å². The number of nitrogens with zero attached hydrogens (tertiary/aromatic N) is 3. The molecule has 1 aromatic carbocycles. The van der Waals surface area contributed by atoms with Crippen molar-refractivity contribution in [3.8, 4) is 0 Å². The van der Waals surface area contributed by atoms with Crippen LogP contribution in [0.15, 0.2) is 46.1 Å². The molecule has 1 fully saturated rings. The fraction of sp³-hybridized carbons (Fsp3) is 0.300. The summed E-state index contributed by atoms with van der Waals surface area (Å²) in [7, 11) is 0. The Labute approximate surface area is 201 Å². The van der Waals surface area contributed by atoms with Crippen LogP contribution in [0.3, 0.4) is 0 Å². The van der Waals surface area contributed by atoms with Crippen LogP contribution in [-0.4, -0.2) is 44.9 Å². The average Bonchev–Trinajstić information content (AvgIpc) is 3.13. The number of benzene rings is 1. The number of carbonyl (C=O) groups excluding carboxylic acids is 2. The van der Waals surface area contributed by atoms with Crippen LogP contribution in [0, 0.1) is 4.91 Å². The first-order valence-electron chi connectivity index (χ1n) is 9.82. The molecule has 13 heteroatoms. The summed E-state index contributed by atoms with van der Waals surface area (Å²) >= 11 is 8.26. The van der Waals surface area contributed by atoms with E-state index in [1.807, 2.05) is 30.3 Å². The van der Waals surface area contributed by atoms with Crippen LogP contribution < -0.4 is 11.1 Å². The number of carboxylic acids is 1. The van der Waals surface area contributed by atoms with E-state index in [1.165, 1.54) is 16.7 Å². The molecule has 4 rings (SSSR count). The van der Waals surface area contributed by atoms with E-state index in [0.717, 1.165) is 16.9 Å². The molecule has 3 heterocycles. The van der Waals surface area contributed by atoms with E-state index in [0.29, 0.717) is 23.5 Å². The number of hydrogen-bond acceptors (Lipinski definition) is 9. The Morgan fingerprint density at radius 3 is 2.73 bits per heavy atom. The zero-order chi connectivity index (χ0) is 23.7. The maximum atomic E-state index is 12.8. The van der Waals surface area contributed by atoms with E-state index >= 15 is 0 Å². The lowest BCUT2D eigenvalue weighted by Crippen LogP contribution is -2.71. The summed E-state index contributed by atoms with van der Waals surface area (Å²) in [6.45, 7) is 0. The third-order valence-corrected chi connectivity index (χ3v) is 7.72. The normalized spacial score (nSPS) is 20.6. The van der Waals surface area contributed by atoms with Crippen molar-refractivity contribution in [3.05, 3.63) is 61.4 Å². The molecule has 0 spiro atoms. The highest BCUT2D eigenvalue weighted by molar-refractivity contribution is 8.02. The fourth-order valence-corrected chi connectivity index (χ4v) is 5.96. The summed E-state index contributed by atoms with van der Waals surface area (Å²) < 4.78 is 0.0580. The van der Waals surface area contributed by atoms with Crippen molar-refractivity contribution < 1.29 is 19.5 Å². The highest BCUT2D eigenvalue weighted by atomic mass is 35.5. The maximum absolute atomic E-state index is 12.8. The molecule has 10 nitrogen and oxygen atoms in total.